The van der Waals surface area contributed by atoms with Crippen LogP contribution in [0.3, 0.4) is 0 Å². The van der Waals surface area contributed by atoms with Crippen molar-refractivity contribution < 1.29 is 8.76 Å². The Morgan fingerprint density at radius 3 is 3.00 bits per heavy atom. The predicted octanol–water partition coefficient (Wildman–Crippen LogP) is -0.215. The fourth-order valence-electron chi connectivity index (χ4n) is 1.26. The fraction of sp³-hybridized carbons (Fsp3) is 0.429. The highest BCUT2D eigenvalue weighted by atomic mass is 32.2. The summed E-state index contributed by atoms with van der Waals surface area (Å²) in [4.78, 5) is 7.99. The molecule has 0 spiro atoms. The van der Waals surface area contributed by atoms with Crippen molar-refractivity contribution in [1.29, 1.82) is 0 Å². The number of aryl methyl sites for hydroxylation is 1. The first kappa shape index (κ1) is 9.35. The van der Waals surface area contributed by atoms with Crippen LogP contribution < -0.4 is 5.49 Å². The van der Waals surface area contributed by atoms with Crippen LogP contribution in [0.1, 0.15) is 13.3 Å². The lowest BCUT2D eigenvalue weighted by molar-refractivity contribution is 0.554. The Hall–Kier alpha value is -1.21. The number of nitrogens with zero attached hydrogens (tertiary/aromatic N) is 4. The molecule has 1 atom stereocenters. The topological polar surface area (TPSA) is 79.8 Å². The number of aromatic nitrogens is 2. The second kappa shape index (κ2) is 2.89. The zero-order valence-electron chi connectivity index (χ0n) is 7.84. The van der Waals surface area contributed by atoms with E-state index in [9.17, 15) is 8.76 Å². The highest BCUT2D eigenvalue weighted by molar-refractivity contribution is 7.88. The first-order valence-electron chi connectivity index (χ1n) is 4.13. The van der Waals surface area contributed by atoms with Gasteiger partial charge in [0.05, 0.1) is 6.33 Å². The van der Waals surface area contributed by atoms with E-state index in [1.165, 1.54) is 10.9 Å². The minimum atomic E-state index is -3.35. The summed E-state index contributed by atoms with van der Waals surface area (Å²) in [6.07, 6.45) is 1.98. The Morgan fingerprint density at radius 1 is 1.64 bits per heavy atom. The standard InChI is InChI=1S/C7H10N4O2S/c1-3-5-9-6-7(11(2)4-8-6)14(12,13)10-5/h4H,3H2,1-2H3,(H,9,10,12,13). The summed E-state index contributed by atoms with van der Waals surface area (Å²) in [6, 6.07) is 0. The van der Waals surface area contributed by atoms with Gasteiger partial charge in [-0.1, -0.05) is 6.92 Å². The molecule has 0 aromatic carbocycles. The van der Waals surface area contributed by atoms with E-state index in [-0.39, 0.29) is 4.64 Å². The quantitative estimate of drug-likeness (QED) is 0.656. The van der Waals surface area contributed by atoms with E-state index < -0.39 is 9.99 Å². The molecule has 7 heteroatoms. The SMILES string of the molecule is CCC1=NS(=O)(O)=c2c(ncn2C)=N1. The maximum Gasteiger partial charge on any atom is 0.217 e. The van der Waals surface area contributed by atoms with Gasteiger partial charge in [-0.15, -0.1) is 0 Å². The summed E-state index contributed by atoms with van der Waals surface area (Å²) in [5.74, 6) is 0.365. The molecule has 2 heterocycles. The zero-order valence-corrected chi connectivity index (χ0v) is 8.65. The Bertz CT molecular complexity index is 606. The molecule has 6 nitrogen and oxygen atoms in total. The van der Waals surface area contributed by atoms with Gasteiger partial charge in [-0.25, -0.2) is 14.2 Å². The Labute approximate surface area is 81.0 Å². The van der Waals surface area contributed by atoms with Crippen LogP contribution in [0.15, 0.2) is 15.7 Å². The van der Waals surface area contributed by atoms with Crippen LogP contribution in [-0.4, -0.2) is 24.1 Å². The molecule has 76 valence electrons. The highest BCUT2D eigenvalue weighted by Crippen LogP contribution is 2.02. The van der Waals surface area contributed by atoms with Crippen molar-refractivity contribution in [3.8, 4) is 0 Å². The Morgan fingerprint density at radius 2 is 2.36 bits per heavy atom. The van der Waals surface area contributed by atoms with E-state index >= 15 is 0 Å². The van der Waals surface area contributed by atoms with Gasteiger partial charge in [-0.3, -0.25) is 4.55 Å². The van der Waals surface area contributed by atoms with Crippen LogP contribution in [0.5, 0.6) is 0 Å². The molecule has 1 aromatic rings. The molecule has 1 aliphatic heterocycles. The normalized spacial score (nSPS) is 25.2. The summed E-state index contributed by atoms with van der Waals surface area (Å²) in [5, 5.41) is 0. The first-order valence-corrected chi connectivity index (χ1v) is 5.60. The molecule has 0 amide bonds. The molecule has 1 aliphatic rings. The number of fused-ring (bicyclic) bond motifs is 1. The first-order chi connectivity index (χ1) is 6.54. The molecular formula is C7H10N4O2S. The number of imidazole rings is 1. The monoisotopic (exact) mass is 214 g/mol. The van der Waals surface area contributed by atoms with Gasteiger partial charge in [0.2, 0.25) is 9.99 Å². The number of hydrogen-bond donors (Lipinski definition) is 1. The van der Waals surface area contributed by atoms with Crippen molar-refractivity contribution in [3.05, 3.63) is 16.5 Å². The lowest BCUT2D eigenvalue weighted by Gasteiger charge is -2.03. The second-order valence-electron chi connectivity index (χ2n) is 2.95. The zero-order chi connectivity index (χ0) is 10.3. The second-order valence-corrected chi connectivity index (χ2v) is 4.52. The van der Waals surface area contributed by atoms with Crippen LogP contribution in [0.4, 0.5) is 0 Å². The van der Waals surface area contributed by atoms with E-state index in [0.29, 0.717) is 17.7 Å². The van der Waals surface area contributed by atoms with Crippen LogP contribution >= 0.6 is 0 Å². The molecule has 0 saturated carbocycles. The molecule has 0 aliphatic carbocycles. The van der Waals surface area contributed by atoms with Crippen molar-refractivity contribution in [3.63, 3.8) is 0 Å². The van der Waals surface area contributed by atoms with Gasteiger partial charge in [0.1, 0.15) is 5.84 Å². The average molecular weight is 214 g/mol. The Balaban J connectivity index is 3.00. The third-order valence-corrected chi connectivity index (χ3v) is 3.33. The lowest BCUT2D eigenvalue weighted by Crippen LogP contribution is -2.19. The number of rotatable bonds is 1. The summed E-state index contributed by atoms with van der Waals surface area (Å²) in [7, 11) is -1.70. The summed E-state index contributed by atoms with van der Waals surface area (Å²) in [6.45, 7) is 1.83. The van der Waals surface area contributed by atoms with Gasteiger partial charge >= 0.3 is 0 Å². The van der Waals surface area contributed by atoms with E-state index in [1.54, 1.807) is 7.05 Å². The Kier molecular flexibility index (Phi) is 1.93. The van der Waals surface area contributed by atoms with Gasteiger partial charge in [0.15, 0.2) is 10.1 Å². The third kappa shape index (κ3) is 1.25. The van der Waals surface area contributed by atoms with Gasteiger partial charge < -0.3 is 4.57 Å². The van der Waals surface area contributed by atoms with Crippen molar-refractivity contribution in [2.24, 2.45) is 16.4 Å². The van der Waals surface area contributed by atoms with Gasteiger partial charge in [0, 0.05) is 13.5 Å². The molecule has 1 aromatic heterocycles. The fourth-order valence-corrected chi connectivity index (χ4v) is 2.56. The molecule has 0 saturated heterocycles. The highest BCUT2D eigenvalue weighted by Gasteiger charge is 2.14. The van der Waals surface area contributed by atoms with E-state index in [4.69, 9.17) is 0 Å². The van der Waals surface area contributed by atoms with Gasteiger partial charge in [-0.05, 0) is 0 Å². The molecule has 1 unspecified atom stereocenters. The maximum atomic E-state index is 11.7. The summed E-state index contributed by atoms with van der Waals surface area (Å²) in [5.41, 5.74) is 0.298. The van der Waals surface area contributed by atoms with Crippen molar-refractivity contribution in [2.75, 3.05) is 0 Å². The minimum absolute atomic E-state index is 0.176. The van der Waals surface area contributed by atoms with E-state index in [1.807, 2.05) is 6.92 Å². The van der Waals surface area contributed by atoms with Crippen LogP contribution in [-0.2, 0) is 17.0 Å². The molecule has 0 fully saturated rings. The van der Waals surface area contributed by atoms with Crippen molar-refractivity contribution in [2.45, 2.75) is 13.3 Å². The summed E-state index contributed by atoms with van der Waals surface area (Å²) >= 11 is 0. The molecular weight excluding hydrogens is 204 g/mol. The molecule has 0 bridgehead atoms. The third-order valence-electron chi connectivity index (χ3n) is 1.90. The maximum absolute atomic E-state index is 11.7. The van der Waals surface area contributed by atoms with E-state index in [2.05, 4.69) is 14.4 Å². The smallest absolute Gasteiger partial charge is 0.217 e. The largest absolute Gasteiger partial charge is 0.322 e. The van der Waals surface area contributed by atoms with Crippen molar-refractivity contribution >= 4 is 15.8 Å². The molecule has 2 rings (SSSR count). The average Bonchev–Trinajstić information content (AvgIpc) is 2.47. The van der Waals surface area contributed by atoms with Crippen LogP contribution in [0.2, 0.25) is 0 Å². The molecule has 0 radical (unpaired) electrons. The minimum Gasteiger partial charge on any atom is -0.322 e. The number of amidine groups is 1. The number of hydrogen-bond acceptors (Lipinski definition) is 3. The van der Waals surface area contributed by atoms with Crippen LogP contribution in [0.25, 0.3) is 0 Å². The lowest BCUT2D eigenvalue weighted by atomic mass is 10.4. The van der Waals surface area contributed by atoms with Crippen LogP contribution in [0, 0.1) is 4.64 Å². The van der Waals surface area contributed by atoms with Crippen molar-refractivity contribution in [1.82, 2.24) is 9.55 Å². The molecule has 14 heavy (non-hydrogen) atoms. The molecule has 1 N–H and O–H groups in total. The predicted molar refractivity (Wildman–Crippen MR) is 51.7 cm³/mol. The summed E-state index contributed by atoms with van der Waals surface area (Å²) < 4.78 is 26.7. The van der Waals surface area contributed by atoms with Gasteiger partial charge in [-0.2, -0.15) is 4.40 Å². The van der Waals surface area contributed by atoms with E-state index in [0.717, 1.165) is 0 Å². The van der Waals surface area contributed by atoms with Gasteiger partial charge in [0.25, 0.3) is 0 Å².